The Hall–Kier alpha value is 0.270. The average Bonchev–Trinajstić information content (AvgIpc) is 2.00. The van der Waals surface area contributed by atoms with E-state index in [-0.39, 0.29) is 0 Å². The highest BCUT2D eigenvalue weighted by Crippen LogP contribution is 2.03. The molecule has 74 valence electrons. The van der Waals surface area contributed by atoms with Crippen LogP contribution in [0.2, 0.25) is 0 Å². The molecule has 0 aromatic rings. The Morgan fingerprint density at radius 1 is 1.25 bits per heavy atom. The van der Waals surface area contributed by atoms with Crippen LogP contribution in [-0.4, -0.2) is 42.4 Å². The molecule has 3 heteroatoms. The molecule has 0 aliphatic rings. The summed E-state index contributed by atoms with van der Waals surface area (Å²) in [7, 11) is 4.18. The van der Waals surface area contributed by atoms with Gasteiger partial charge in [0.25, 0.3) is 0 Å². The van der Waals surface area contributed by atoms with Crippen molar-refractivity contribution in [2.45, 2.75) is 32.7 Å². The lowest BCUT2D eigenvalue weighted by molar-refractivity contribution is 0.239. The minimum Gasteiger partial charge on any atom is -0.304 e. The van der Waals surface area contributed by atoms with Gasteiger partial charge in [-0.1, -0.05) is 19.7 Å². The Bertz CT molecular complexity index is 107. The smallest absolute Gasteiger partial charge is 0.00986 e. The van der Waals surface area contributed by atoms with Crippen molar-refractivity contribution < 1.29 is 0 Å². The zero-order valence-corrected chi connectivity index (χ0v) is 9.64. The predicted octanol–water partition coefficient (Wildman–Crippen LogP) is 1.88. The summed E-state index contributed by atoms with van der Waals surface area (Å²) in [4.78, 5) is 2.40. The van der Waals surface area contributed by atoms with Crippen LogP contribution in [0, 0.1) is 0 Å². The van der Waals surface area contributed by atoms with E-state index >= 15 is 0 Å². The molecule has 0 saturated carbocycles. The standard InChI is InChI=1S/C9H22N2S/c1-5-7-10(3)9(2)6-8-11(4)12/h9,12H,5-8H2,1-4H3. The maximum atomic E-state index is 4.21. The zero-order chi connectivity index (χ0) is 9.56. The molecule has 0 aliphatic carbocycles. The Balaban J connectivity index is 3.49. The van der Waals surface area contributed by atoms with Crippen molar-refractivity contribution in [3.05, 3.63) is 0 Å². The summed E-state index contributed by atoms with van der Waals surface area (Å²) in [5.74, 6) is 0. The summed E-state index contributed by atoms with van der Waals surface area (Å²) in [6, 6.07) is 0.666. The van der Waals surface area contributed by atoms with Gasteiger partial charge in [0.1, 0.15) is 0 Å². The van der Waals surface area contributed by atoms with E-state index < -0.39 is 0 Å². The zero-order valence-electron chi connectivity index (χ0n) is 8.75. The van der Waals surface area contributed by atoms with Crippen LogP contribution < -0.4 is 0 Å². The highest BCUT2D eigenvalue weighted by atomic mass is 32.1. The van der Waals surface area contributed by atoms with Gasteiger partial charge in [-0.2, -0.15) is 0 Å². The van der Waals surface area contributed by atoms with E-state index in [1.54, 1.807) is 0 Å². The molecule has 0 amide bonds. The predicted molar refractivity (Wildman–Crippen MR) is 58.6 cm³/mol. The largest absolute Gasteiger partial charge is 0.304 e. The summed E-state index contributed by atoms with van der Waals surface area (Å²) in [6.45, 7) is 6.73. The van der Waals surface area contributed by atoms with E-state index in [0.717, 1.165) is 6.54 Å². The summed E-state index contributed by atoms with van der Waals surface area (Å²) in [5, 5.41) is 0. The molecule has 12 heavy (non-hydrogen) atoms. The number of hydrogen-bond acceptors (Lipinski definition) is 3. The first-order valence-electron chi connectivity index (χ1n) is 4.68. The molecule has 0 rings (SSSR count). The fourth-order valence-corrected chi connectivity index (χ4v) is 1.28. The number of nitrogens with zero attached hydrogens (tertiary/aromatic N) is 2. The van der Waals surface area contributed by atoms with Gasteiger partial charge in [0.2, 0.25) is 0 Å². The molecule has 0 spiro atoms. The lowest BCUT2D eigenvalue weighted by Gasteiger charge is -2.24. The van der Waals surface area contributed by atoms with Gasteiger partial charge in [0.15, 0.2) is 0 Å². The van der Waals surface area contributed by atoms with Gasteiger partial charge in [-0.3, -0.25) is 4.31 Å². The van der Waals surface area contributed by atoms with Crippen molar-refractivity contribution >= 4 is 12.8 Å². The minimum atomic E-state index is 0.666. The van der Waals surface area contributed by atoms with Gasteiger partial charge in [-0.25, -0.2) is 0 Å². The molecule has 0 saturated heterocycles. The highest BCUT2D eigenvalue weighted by Gasteiger charge is 2.07. The van der Waals surface area contributed by atoms with Gasteiger partial charge >= 0.3 is 0 Å². The van der Waals surface area contributed by atoms with Gasteiger partial charge in [0.05, 0.1) is 0 Å². The summed E-state index contributed by atoms with van der Waals surface area (Å²) >= 11 is 4.21. The maximum Gasteiger partial charge on any atom is 0.00986 e. The lowest BCUT2D eigenvalue weighted by Crippen LogP contribution is -2.31. The molecule has 2 nitrogen and oxygen atoms in total. The Labute approximate surface area is 82.5 Å². The first-order chi connectivity index (χ1) is 5.57. The topological polar surface area (TPSA) is 6.48 Å². The Kier molecular flexibility index (Phi) is 6.90. The van der Waals surface area contributed by atoms with Crippen LogP contribution in [0.15, 0.2) is 0 Å². The second kappa shape index (κ2) is 6.75. The van der Waals surface area contributed by atoms with Crippen molar-refractivity contribution in [3.8, 4) is 0 Å². The molecule has 0 radical (unpaired) electrons. The van der Waals surface area contributed by atoms with Gasteiger partial charge < -0.3 is 4.90 Å². The van der Waals surface area contributed by atoms with Crippen molar-refractivity contribution in [1.82, 2.24) is 9.21 Å². The van der Waals surface area contributed by atoms with E-state index in [2.05, 4.69) is 38.6 Å². The fraction of sp³-hybridized carbons (Fsp3) is 1.00. The van der Waals surface area contributed by atoms with Crippen molar-refractivity contribution in [3.63, 3.8) is 0 Å². The van der Waals surface area contributed by atoms with Gasteiger partial charge in [0, 0.05) is 12.6 Å². The first kappa shape index (κ1) is 12.3. The van der Waals surface area contributed by atoms with Gasteiger partial charge in [-0.05, 0) is 40.4 Å². The Morgan fingerprint density at radius 3 is 2.25 bits per heavy atom. The average molecular weight is 190 g/mol. The molecule has 0 aliphatic heterocycles. The first-order valence-corrected chi connectivity index (χ1v) is 5.08. The van der Waals surface area contributed by atoms with Crippen LogP contribution in [0.25, 0.3) is 0 Å². The second-order valence-corrected chi connectivity index (χ2v) is 4.18. The molecule has 0 N–H and O–H groups in total. The summed E-state index contributed by atoms with van der Waals surface area (Å²) in [6.07, 6.45) is 2.42. The maximum absolute atomic E-state index is 4.21. The molecule has 0 heterocycles. The molecular formula is C9H22N2S. The fourth-order valence-electron chi connectivity index (χ4n) is 1.17. The highest BCUT2D eigenvalue weighted by molar-refractivity contribution is 7.77. The van der Waals surface area contributed by atoms with Crippen molar-refractivity contribution in [1.29, 1.82) is 0 Å². The van der Waals surface area contributed by atoms with Crippen LogP contribution in [0.4, 0.5) is 0 Å². The van der Waals surface area contributed by atoms with E-state index in [0.29, 0.717) is 6.04 Å². The van der Waals surface area contributed by atoms with E-state index in [9.17, 15) is 0 Å². The quantitative estimate of drug-likeness (QED) is 0.639. The van der Waals surface area contributed by atoms with Crippen LogP contribution >= 0.6 is 12.8 Å². The molecular weight excluding hydrogens is 168 g/mol. The van der Waals surface area contributed by atoms with Crippen LogP contribution in [0.5, 0.6) is 0 Å². The van der Waals surface area contributed by atoms with Crippen molar-refractivity contribution in [2.24, 2.45) is 0 Å². The van der Waals surface area contributed by atoms with E-state index in [1.165, 1.54) is 19.4 Å². The molecule has 1 unspecified atom stereocenters. The summed E-state index contributed by atoms with van der Waals surface area (Å²) < 4.78 is 1.94. The molecule has 0 aromatic heterocycles. The summed E-state index contributed by atoms with van der Waals surface area (Å²) in [5.41, 5.74) is 0. The SMILES string of the molecule is CCCN(C)C(C)CCN(C)S. The number of hydrogen-bond donors (Lipinski definition) is 1. The van der Waals surface area contributed by atoms with Crippen LogP contribution in [0.3, 0.4) is 0 Å². The molecule has 1 atom stereocenters. The normalized spacial score (nSPS) is 14.2. The second-order valence-electron chi connectivity index (χ2n) is 3.50. The third-order valence-electron chi connectivity index (χ3n) is 2.20. The molecule has 0 aromatic carbocycles. The van der Waals surface area contributed by atoms with E-state index in [4.69, 9.17) is 0 Å². The number of thiol groups is 1. The minimum absolute atomic E-state index is 0.666. The van der Waals surface area contributed by atoms with Crippen LogP contribution in [-0.2, 0) is 0 Å². The molecule has 0 bridgehead atoms. The third-order valence-corrected chi connectivity index (χ3v) is 2.40. The Morgan fingerprint density at radius 2 is 1.83 bits per heavy atom. The lowest BCUT2D eigenvalue weighted by atomic mass is 10.2. The molecule has 0 fully saturated rings. The van der Waals surface area contributed by atoms with Gasteiger partial charge in [-0.15, -0.1) is 0 Å². The number of rotatable bonds is 6. The van der Waals surface area contributed by atoms with E-state index in [1.807, 2.05) is 11.4 Å². The third kappa shape index (κ3) is 5.86. The van der Waals surface area contributed by atoms with Crippen LogP contribution in [0.1, 0.15) is 26.7 Å². The van der Waals surface area contributed by atoms with Crippen molar-refractivity contribution in [2.75, 3.05) is 27.2 Å². The monoisotopic (exact) mass is 190 g/mol.